The van der Waals surface area contributed by atoms with Gasteiger partial charge in [-0.1, -0.05) is 47.5 Å². The largest absolute Gasteiger partial charge is 0.468 e. The number of hydrogen-bond acceptors (Lipinski definition) is 5. The van der Waals surface area contributed by atoms with E-state index in [1.165, 1.54) is 26.4 Å². The normalized spacial score (nSPS) is 15.0. The molecule has 7 heteroatoms. The van der Waals surface area contributed by atoms with Crippen LogP contribution >= 0.6 is 23.2 Å². The molecular formula is C21H17Cl2NO4. The van der Waals surface area contributed by atoms with Crippen LogP contribution in [-0.4, -0.2) is 26.2 Å². The third kappa shape index (κ3) is 3.77. The Hall–Kier alpha value is -2.76. The number of rotatable bonds is 4. The number of nitrogens with one attached hydrogen (secondary N) is 1. The van der Waals surface area contributed by atoms with E-state index in [1.807, 2.05) is 0 Å². The zero-order valence-corrected chi connectivity index (χ0v) is 16.7. The molecule has 1 N–H and O–H groups in total. The predicted octanol–water partition coefficient (Wildman–Crippen LogP) is 4.31. The van der Waals surface area contributed by atoms with Crippen molar-refractivity contribution in [2.45, 2.75) is 0 Å². The highest BCUT2D eigenvalue weighted by molar-refractivity contribution is 6.30. The number of halogens is 2. The summed E-state index contributed by atoms with van der Waals surface area (Å²) in [5, 5.41) is 4.40. The van der Waals surface area contributed by atoms with Crippen LogP contribution in [0, 0.1) is 5.41 Å². The lowest BCUT2D eigenvalue weighted by Gasteiger charge is -2.30. The molecular weight excluding hydrogens is 401 g/mol. The number of carbonyl (C=O) groups excluding carboxylic acids is 2. The van der Waals surface area contributed by atoms with Gasteiger partial charge in [-0.25, -0.2) is 0 Å². The van der Waals surface area contributed by atoms with Gasteiger partial charge in [0.05, 0.1) is 14.2 Å². The van der Waals surface area contributed by atoms with Crippen molar-refractivity contribution in [2.75, 3.05) is 14.2 Å². The first-order valence-electron chi connectivity index (χ1n) is 8.31. The highest BCUT2D eigenvalue weighted by Crippen LogP contribution is 2.37. The van der Waals surface area contributed by atoms with Crippen molar-refractivity contribution in [1.29, 1.82) is 0 Å². The molecule has 2 aromatic rings. The number of benzene rings is 2. The minimum atomic E-state index is -1.74. The van der Waals surface area contributed by atoms with E-state index in [4.69, 9.17) is 32.7 Å². The molecule has 3 rings (SSSR count). The lowest BCUT2D eigenvalue weighted by Crippen LogP contribution is -2.41. The van der Waals surface area contributed by atoms with Crippen LogP contribution in [0.5, 0.6) is 0 Å². The molecule has 28 heavy (non-hydrogen) atoms. The number of methoxy groups -OCH3 is 2. The molecule has 1 aliphatic rings. The van der Waals surface area contributed by atoms with E-state index in [-0.39, 0.29) is 0 Å². The molecule has 5 nitrogen and oxygen atoms in total. The Labute approximate surface area is 172 Å². The van der Waals surface area contributed by atoms with Gasteiger partial charge >= 0.3 is 11.9 Å². The summed E-state index contributed by atoms with van der Waals surface area (Å²) in [4.78, 5) is 25.3. The minimum Gasteiger partial charge on any atom is -0.468 e. The average molecular weight is 418 g/mol. The molecule has 0 bridgehead atoms. The lowest BCUT2D eigenvalue weighted by atomic mass is 9.81. The van der Waals surface area contributed by atoms with E-state index in [9.17, 15) is 9.59 Å². The Morgan fingerprint density at radius 3 is 1.43 bits per heavy atom. The van der Waals surface area contributed by atoms with Gasteiger partial charge in [0.15, 0.2) is 0 Å². The minimum absolute atomic E-state index is 0.542. The van der Waals surface area contributed by atoms with Gasteiger partial charge in [0.2, 0.25) is 5.41 Å². The average Bonchev–Trinajstić information content (AvgIpc) is 2.73. The van der Waals surface area contributed by atoms with Crippen LogP contribution in [-0.2, 0) is 19.1 Å². The van der Waals surface area contributed by atoms with Gasteiger partial charge in [-0.2, -0.15) is 0 Å². The fraction of sp³-hybridized carbons (Fsp3) is 0.143. The second kappa shape index (κ2) is 8.09. The van der Waals surface area contributed by atoms with Crippen molar-refractivity contribution in [1.82, 2.24) is 5.32 Å². The van der Waals surface area contributed by atoms with Crippen molar-refractivity contribution in [2.24, 2.45) is 5.41 Å². The summed E-state index contributed by atoms with van der Waals surface area (Å²) in [6.07, 6.45) is 2.99. The molecule has 0 aromatic heterocycles. The molecule has 1 heterocycles. The van der Waals surface area contributed by atoms with E-state index in [1.54, 1.807) is 48.5 Å². The van der Waals surface area contributed by atoms with E-state index in [0.717, 1.165) is 11.1 Å². The van der Waals surface area contributed by atoms with Crippen molar-refractivity contribution in [3.8, 4) is 0 Å². The molecule has 1 aliphatic heterocycles. The quantitative estimate of drug-likeness (QED) is 0.592. The van der Waals surface area contributed by atoms with Crippen LogP contribution in [0.2, 0.25) is 10.0 Å². The Bertz CT molecular complexity index is 883. The van der Waals surface area contributed by atoms with Crippen LogP contribution in [0.15, 0.2) is 60.7 Å². The maximum absolute atomic E-state index is 12.7. The fourth-order valence-corrected chi connectivity index (χ4v) is 3.19. The second-order valence-corrected chi connectivity index (χ2v) is 6.98. The van der Waals surface area contributed by atoms with Gasteiger partial charge in [-0.15, -0.1) is 0 Å². The van der Waals surface area contributed by atoms with Crippen LogP contribution in [0.1, 0.15) is 11.1 Å². The van der Waals surface area contributed by atoms with E-state index < -0.39 is 17.4 Å². The van der Waals surface area contributed by atoms with E-state index in [0.29, 0.717) is 21.4 Å². The van der Waals surface area contributed by atoms with Crippen LogP contribution in [0.3, 0.4) is 0 Å². The summed E-state index contributed by atoms with van der Waals surface area (Å²) in [6.45, 7) is 0. The Morgan fingerprint density at radius 2 is 1.11 bits per heavy atom. The van der Waals surface area contributed by atoms with Gasteiger partial charge in [-0.3, -0.25) is 9.59 Å². The maximum Gasteiger partial charge on any atom is 0.331 e. The van der Waals surface area contributed by atoms with Gasteiger partial charge < -0.3 is 14.8 Å². The first-order chi connectivity index (χ1) is 13.4. The molecule has 0 spiro atoms. The van der Waals surface area contributed by atoms with Gasteiger partial charge in [-0.05, 0) is 47.5 Å². The topological polar surface area (TPSA) is 64.6 Å². The number of dihydropyridines is 1. The summed E-state index contributed by atoms with van der Waals surface area (Å²) in [6, 6.07) is 14.0. The highest BCUT2D eigenvalue weighted by Gasteiger charge is 2.47. The van der Waals surface area contributed by atoms with Crippen molar-refractivity contribution in [3.05, 3.63) is 81.9 Å². The third-order valence-corrected chi connectivity index (χ3v) is 4.87. The molecule has 0 saturated heterocycles. The molecule has 144 valence electrons. The third-order valence-electron chi connectivity index (χ3n) is 4.37. The summed E-state index contributed by atoms with van der Waals surface area (Å²) in [5.74, 6) is -1.50. The van der Waals surface area contributed by atoms with Crippen molar-refractivity contribution >= 4 is 46.5 Å². The molecule has 0 saturated carbocycles. The second-order valence-electron chi connectivity index (χ2n) is 6.11. The lowest BCUT2D eigenvalue weighted by molar-refractivity contribution is -0.161. The van der Waals surface area contributed by atoms with E-state index >= 15 is 0 Å². The molecule has 0 unspecified atom stereocenters. The predicted molar refractivity (Wildman–Crippen MR) is 108 cm³/mol. The Balaban J connectivity index is 2.20. The summed E-state index contributed by atoms with van der Waals surface area (Å²) in [5.41, 5.74) is 0.820. The first-order valence-corrected chi connectivity index (χ1v) is 9.06. The molecule has 0 fully saturated rings. The smallest absolute Gasteiger partial charge is 0.331 e. The van der Waals surface area contributed by atoms with Crippen LogP contribution in [0.4, 0.5) is 0 Å². The Morgan fingerprint density at radius 1 is 0.750 bits per heavy atom. The van der Waals surface area contributed by atoms with Crippen molar-refractivity contribution in [3.63, 3.8) is 0 Å². The molecule has 0 atom stereocenters. The zero-order chi connectivity index (χ0) is 20.3. The molecule has 0 aliphatic carbocycles. The number of esters is 2. The molecule has 0 radical (unpaired) electrons. The zero-order valence-electron chi connectivity index (χ0n) is 15.2. The standard InChI is InChI=1S/C21H17Cl2NO4/c1-27-19(25)21(20(26)28-2)11-17(13-3-7-15(22)8-4-13)24-18(12-21)14-5-9-16(23)10-6-14/h3-12,24H,1-2H3. The number of ether oxygens (including phenoxy) is 2. The van der Waals surface area contributed by atoms with Gasteiger partial charge in [0.1, 0.15) is 0 Å². The van der Waals surface area contributed by atoms with Gasteiger partial charge in [0.25, 0.3) is 0 Å². The van der Waals surface area contributed by atoms with Crippen LogP contribution in [0.25, 0.3) is 11.4 Å². The molecule has 2 aromatic carbocycles. The van der Waals surface area contributed by atoms with Gasteiger partial charge in [0, 0.05) is 21.4 Å². The first kappa shape index (κ1) is 20.0. The molecule has 0 amide bonds. The SMILES string of the molecule is COC(=O)C1(C(=O)OC)C=C(c2ccc(Cl)cc2)NC(c2ccc(Cl)cc2)=C1. The van der Waals surface area contributed by atoms with E-state index in [2.05, 4.69) is 5.32 Å². The Kier molecular flexibility index (Phi) is 5.77. The van der Waals surface area contributed by atoms with Crippen molar-refractivity contribution < 1.29 is 19.1 Å². The maximum atomic E-state index is 12.7. The highest BCUT2D eigenvalue weighted by atomic mass is 35.5. The summed E-state index contributed by atoms with van der Waals surface area (Å²) in [7, 11) is 2.45. The number of hydrogen-bond donors (Lipinski definition) is 1. The monoisotopic (exact) mass is 417 g/mol. The number of carbonyl (C=O) groups is 2. The summed E-state index contributed by atoms with van der Waals surface area (Å²) >= 11 is 12.0. The summed E-state index contributed by atoms with van der Waals surface area (Å²) < 4.78 is 9.85. The van der Waals surface area contributed by atoms with Crippen LogP contribution < -0.4 is 5.32 Å². The fourth-order valence-electron chi connectivity index (χ4n) is 2.94.